The minimum Gasteiger partial charge on any atom is -0.489 e. The van der Waals surface area contributed by atoms with Gasteiger partial charge in [0.25, 0.3) is 0 Å². The molecule has 7 N–H and O–H groups in total. The number of halogens is 6. The molecule has 0 fully saturated rings. The molecule has 1 atom stereocenters. The highest BCUT2D eigenvalue weighted by Gasteiger charge is 2.38. The van der Waals surface area contributed by atoms with Gasteiger partial charge in [-0.1, -0.05) is 56.2 Å². The maximum atomic E-state index is 13.2. The Balaban J connectivity index is 0.00000103. The van der Waals surface area contributed by atoms with Crippen LogP contribution in [0, 0.1) is 0 Å². The number of aliphatic imine (C=N–C) groups is 1. The Morgan fingerprint density at radius 3 is 1.92 bits per heavy atom. The van der Waals surface area contributed by atoms with Gasteiger partial charge in [-0.05, 0) is 59.5 Å². The van der Waals surface area contributed by atoms with Gasteiger partial charge >= 0.3 is 18.3 Å². The summed E-state index contributed by atoms with van der Waals surface area (Å²) in [5.41, 5.74) is 12.6. The van der Waals surface area contributed by atoms with Crippen molar-refractivity contribution in [2.45, 2.75) is 64.2 Å². The second-order valence-electron chi connectivity index (χ2n) is 10.2. The van der Waals surface area contributed by atoms with Gasteiger partial charge in [0.15, 0.2) is 5.96 Å². The highest BCUT2D eigenvalue weighted by molar-refractivity contribution is 5.88. The fraction of sp³-hybridized carbons (Fsp3) is 0.312. The van der Waals surface area contributed by atoms with Gasteiger partial charge < -0.3 is 31.9 Å². The molecule has 48 heavy (non-hydrogen) atoms. The molecule has 3 rings (SSSR count). The highest BCUT2D eigenvalue weighted by Crippen LogP contribution is 2.29. The third-order valence-corrected chi connectivity index (χ3v) is 6.38. The first kappa shape index (κ1) is 38.9. The van der Waals surface area contributed by atoms with Crippen molar-refractivity contribution in [3.63, 3.8) is 0 Å². The molecule has 260 valence electrons. The molecule has 0 heterocycles. The van der Waals surface area contributed by atoms with Gasteiger partial charge in [-0.25, -0.2) is 9.79 Å². The van der Waals surface area contributed by atoms with E-state index in [0.29, 0.717) is 29.0 Å². The van der Waals surface area contributed by atoms with Crippen molar-refractivity contribution < 1.29 is 50.6 Å². The summed E-state index contributed by atoms with van der Waals surface area (Å²) in [6.45, 7) is 2.33. The maximum absolute atomic E-state index is 13.2. The second-order valence-corrected chi connectivity index (χ2v) is 10.2. The van der Waals surface area contributed by atoms with E-state index in [1.54, 1.807) is 48.5 Å². The van der Waals surface area contributed by atoms with Crippen LogP contribution >= 0.6 is 0 Å². The molecule has 3 aromatic carbocycles. The van der Waals surface area contributed by atoms with Crippen molar-refractivity contribution in [2.24, 2.45) is 16.5 Å². The lowest BCUT2D eigenvalue weighted by molar-refractivity contribution is -0.192. The van der Waals surface area contributed by atoms with Crippen LogP contribution in [0.5, 0.6) is 5.75 Å². The number of ether oxygens (including phenoxy) is 1. The molecule has 0 unspecified atom stereocenters. The molecule has 2 amide bonds. The molecule has 0 radical (unpaired) electrons. The Hall–Kier alpha value is -5.28. The van der Waals surface area contributed by atoms with Crippen LogP contribution in [0.25, 0.3) is 0 Å². The van der Waals surface area contributed by atoms with Crippen LogP contribution in [-0.2, 0) is 33.7 Å². The number of carbonyl (C=O) groups excluding carboxylic acids is 2. The summed E-state index contributed by atoms with van der Waals surface area (Å²) < 4.78 is 75.8. The molecule has 0 saturated carbocycles. The van der Waals surface area contributed by atoms with Crippen molar-refractivity contribution in [1.82, 2.24) is 10.6 Å². The maximum Gasteiger partial charge on any atom is 0.490 e. The minimum absolute atomic E-state index is 0.0559. The Morgan fingerprint density at radius 2 is 1.42 bits per heavy atom. The van der Waals surface area contributed by atoms with Crippen LogP contribution in [0.2, 0.25) is 0 Å². The Bertz CT molecular complexity index is 1510. The Labute approximate surface area is 272 Å². The van der Waals surface area contributed by atoms with Crippen molar-refractivity contribution in [3.05, 3.63) is 95.1 Å². The van der Waals surface area contributed by atoms with Gasteiger partial charge in [0.1, 0.15) is 18.4 Å². The first-order valence-electron chi connectivity index (χ1n) is 14.4. The number of nitrogens with zero attached hydrogens (tertiary/aromatic N) is 1. The number of amides is 2. The number of hydrogen-bond acceptors (Lipinski definition) is 5. The predicted molar refractivity (Wildman–Crippen MR) is 165 cm³/mol. The smallest absolute Gasteiger partial charge is 0.489 e. The number of carbonyl (C=O) groups is 3. The lowest BCUT2D eigenvalue weighted by Crippen LogP contribution is -2.40. The number of carboxylic acids is 1. The van der Waals surface area contributed by atoms with Gasteiger partial charge in [0.2, 0.25) is 11.8 Å². The Kier molecular flexibility index (Phi) is 14.7. The number of rotatable bonds is 13. The molecule has 3 aromatic rings. The van der Waals surface area contributed by atoms with Gasteiger partial charge in [-0.15, -0.1) is 0 Å². The third kappa shape index (κ3) is 14.0. The molecule has 0 aliphatic carbocycles. The van der Waals surface area contributed by atoms with Crippen molar-refractivity contribution >= 4 is 29.4 Å². The number of nitrogens with two attached hydrogens (primary N) is 2. The first-order valence-corrected chi connectivity index (χ1v) is 14.4. The zero-order chi connectivity index (χ0) is 35.9. The molecule has 0 aliphatic rings. The van der Waals surface area contributed by atoms with Crippen LogP contribution in [0.1, 0.15) is 60.9 Å². The van der Waals surface area contributed by atoms with Crippen molar-refractivity contribution in [3.8, 4) is 5.75 Å². The summed E-state index contributed by atoms with van der Waals surface area (Å²) >= 11 is 0. The van der Waals surface area contributed by atoms with Crippen LogP contribution in [0.3, 0.4) is 0 Å². The number of nitrogens with one attached hydrogen (secondary N) is 2. The standard InChI is InChI=1S/C30H34F3N5O3.C2HF3O2/c1-2-3-4-5-26(39)38-27(28(40)36-18-20-8-14-24(15-9-20)37-29(34)35)22-10-16-25(17-11-22)41-19-21-6-12-23(13-7-21)30(31,32)33;3-2(4,5)1(6)7/h6-17,27H,2-5,18-19H2,1H3,(H,36,40)(H,38,39)(H4,34,35,37);(H,6,7)/t27-;/m0./s1. The number of unbranched alkanes of at least 4 members (excludes halogenated alkanes) is 2. The summed E-state index contributed by atoms with van der Waals surface area (Å²) in [5.74, 6) is -2.97. The molecule has 16 heteroatoms. The van der Waals surface area contributed by atoms with E-state index in [0.717, 1.165) is 37.0 Å². The monoisotopic (exact) mass is 683 g/mol. The summed E-state index contributed by atoms with van der Waals surface area (Å²) in [6.07, 6.45) is -6.59. The third-order valence-electron chi connectivity index (χ3n) is 6.38. The minimum atomic E-state index is -5.08. The molecule has 0 saturated heterocycles. The summed E-state index contributed by atoms with van der Waals surface area (Å²) in [5, 5.41) is 12.8. The van der Waals surface area contributed by atoms with E-state index >= 15 is 0 Å². The van der Waals surface area contributed by atoms with Gasteiger partial charge in [-0.2, -0.15) is 26.3 Å². The van der Waals surface area contributed by atoms with E-state index in [2.05, 4.69) is 15.6 Å². The number of benzene rings is 3. The van der Waals surface area contributed by atoms with Crippen LogP contribution in [0.15, 0.2) is 77.8 Å². The molecule has 0 bridgehead atoms. The summed E-state index contributed by atoms with van der Waals surface area (Å²) in [6, 6.07) is 17.4. The summed E-state index contributed by atoms with van der Waals surface area (Å²) in [7, 11) is 0. The average Bonchev–Trinajstić information content (AvgIpc) is 3.02. The van der Waals surface area contributed by atoms with E-state index in [-0.39, 0.29) is 30.9 Å². The lowest BCUT2D eigenvalue weighted by atomic mass is 10.0. The van der Waals surface area contributed by atoms with Crippen molar-refractivity contribution in [1.29, 1.82) is 0 Å². The van der Waals surface area contributed by atoms with E-state index in [1.807, 2.05) is 6.92 Å². The molecule has 0 spiro atoms. The number of guanidine groups is 1. The average molecular weight is 684 g/mol. The zero-order valence-electron chi connectivity index (χ0n) is 25.7. The van der Waals surface area contributed by atoms with Gasteiger partial charge in [0, 0.05) is 13.0 Å². The van der Waals surface area contributed by atoms with Gasteiger partial charge in [-0.3, -0.25) is 9.59 Å². The molecule has 10 nitrogen and oxygen atoms in total. The van der Waals surface area contributed by atoms with Crippen LogP contribution in [-0.4, -0.2) is 35.0 Å². The number of hydrogen-bond donors (Lipinski definition) is 5. The van der Waals surface area contributed by atoms with Gasteiger partial charge in [0.05, 0.1) is 11.3 Å². The van der Waals surface area contributed by atoms with E-state index < -0.39 is 29.9 Å². The quantitative estimate of drug-likeness (QED) is 0.0649. The van der Waals surface area contributed by atoms with Crippen LogP contribution < -0.4 is 26.8 Å². The topological polar surface area (TPSA) is 169 Å². The fourth-order valence-electron chi connectivity index (χ4n) is 3.91. The van der Waals surface area contributed by atoms with E-state index in [4.69, 9.17) is 26.1 Å². The highest BCUT2D eigenvalue weighted by atomic mass is 19.4. The second kappa shape index (κ2) is 18.2. The zero-order valence-corrected chi connectivity index (χ0v) is 25.7. The molecule has 0 aliphatic heterocycles. The number of aliphatic carboxylic acids is 1. The molecular formula is C32H35F6N5O5. The van der Waals surface area contributed by atoms with Crippen molar-refractivity contribution in [2.75, 3.05) is 0 Å². The number of alkyl halides is 6. The summed E-state index contributed by atoms with van der Waals surface area (Å²) in [4.78, 5) is 38.7. The largest absolute Gasteiger partial charge is 0.490 e. The number of carboxylic acid groups (broad SMARTS) is 1. The fourth-order valence-corrected chi connectivity index (χ4v) is 3.91. The SMILES string of the molecule is CCCCCC(=O)N[C@H](C(=O)NCc1ccc(N=C(N)N)cc1)c1ccc(OCc2ccc(C(F)(F)F)cc2)cc1.O=C(O)C(F)(F)F. The molecular weight excluding hydrogens is 648 g/mol. The Morgan fingerprint density at radius 1 is 0.854 bits per heavy atom. The normalized spacial score (nSPS) is 11.7. The first-order chi connectivity index (χ1) is 22.5. The van der Waals surface area contributed by atoms with Crippen LogP contribution in [0.4, 0.5) is 32.0 Å². The lowest BCUT2D eigenvalue weighted by Gasteiger charge is -2.19. The predicted octanol–water partition coefficient (Wildman–Crippen LogP) is 5.88. The van der Waals surface area contributed by atoms with E-state index in [1.165, 1.54) is 12.1 Å². The molecule has 0 aromatic heterocycles. The van der Waals surface area contributed by atoms with E-state index in [9.17, 15) is 35.9 Å².